The van der Waals surface area contributed by atoms with Crippen LogP contribution in [0.5, 0.6) is 0 Å². The Kier molecular flexibility index (Phi) is 6.34. The van der Waals surface area contributed by atoms with Crippen molar-refractivity contribution in [1.29, 1.82) is 0 Å². The Hall–Kier alpha value is -2.87. The van der Waals surface area contributed by atoms with Gasteiger partial charge in [0.05, 0.1) is 20.6 Å². The van der Waals surface area contributed by atoms with Crippen molar-refractivity contribution in [2.24, 2.45) is 0 Å². The average Bonchev–Trinajstić information content (AvgIpc) is 3.46. The van der Waals surface area contributed by atoms with Gasteiger partial charge in [0.25, 0.3) is 5.91 Å². The van der Waals surface area contributed by atoms with Gasteiger partial charge in [0.15, 0.2) is 5.78 Å². The molecule has 8 heteroatoms. The SMILES string of the molecule is CC(=O)c1ccc(NC(=O)c2ccc(N3CCc4cc(Cl)c(N5CCN(C)CC5)cc43)cc2)s1. The zero-order valence-corrected chi connectivity index (χ0v) is 20.9. The first kappa shape index (κ1) is 22.9. The maximum absolute atomic E-state index is 12.7. The Morgan fingerprint density at radius 3 is 2.35 bits per heavy atom. The summed E-state index contributed by atoms with van der Waals surface area (Å²) in [5.41, 5.74) is 5.17. The predicted octanol–water partition coefficient (Wildman–Crippen LogP) is 5.30. The highest BCUT2D eigenvalue weighted by Gasteiger charge is 2.25. The van der Waals surface area contributed by atoms with E-state index in [1.165, 1.54) is 29.5 Å². The molecule has 1 aromatic heterocycles. The van der Waals surface area contributed by atoms with Gasteiger partial charge >= 0.3 is 0 Å². The lowest BCUT2D eigenvalue weighted by atomic mass is 10.1. The fourth-order valence-electron chi connectivity index (χ4n) is 4.53. The van der Waals surface area contributed by atoms with Crippen molar-refractivity contribution in [2.45, 2.75) is 13.3 Å². The summed E-state index contributed by atoms with van der Waals surface area (Å²) in [4.78, 5) is 31.8. The van der Waals surface area contributed by atoms with Crippen LogP contribution >= 0.6 is 22.9 Å². The van der Waals surface area contributed by atoms with E-state index in [0.29, 0.717) is 15.4 Å². The molecular weight excluding hydrogens is 468 g/mol. The lowest BCUT2D eigenvalue weighted by Gasteiger charge is -2.35. The number of anilines is 4. The van der Waals surface area contributed by atoms with Gasteiger partial charge in [0.1, 0.15) is 0 Å². The molecule has 0 atom stereocenters. The molecule has 0 spiro atoms. The van der Waals surface area contributed by atoms with Gasteiger partial charge in [-0.25, -0.2) is 0 Å². The van der Waals surface area contributed by atoms with Crippen LogP contribution in [0.2, 0.25) is 5.02 Å². The number of amides is 1. The van der Waals surface area contributed by atoms with Crippen LogP contribution in [0.3, 0.4) is 0 Å². The highest BCUT2D eigenvalue weighted by atomic mass is 35.5. The Balaban J connectivity index is 1.33. The zero-order valence-electron chi connectivity index (χ0n) is 19.3. The zero-order chi connectivity index (χ0) is 23.8. The summed E-state index contributed by atoms with van der Waals surface area (Å²) in [6.07, 6.45) is 0.942. The smallest absolute Gasteiger partial charge is 0.256 e. The lowest BCUT2D eigenvalue weighted by Crippen LogP contribution is -2.44. The van der Waals surface area contributed by atoms with E-state index >= 15 is 0 Å². The molecule has 5 rings (SSSR count). The molecule has 2 aliphatic heterocycles. The van der Waals surface area contributed by atoms with E-state index < -0.39 is 0 Å². The maximum atomic E-state index is 12.7. The van der Waals surface area contributed by atoms with E-state index in [4.69, 9.17) is 11.6 Å². The third-order valence-corrected chi connectivity index (χ3v) is 7.92. The first-order valence-corrected chi connectivity index (χ1v) is 12.6. The van der Waals surface area contributed by atoms with E-state index in [1.54, 1.807) is 12.1 Å². The van der Waals surface area contributed by atoms with E-state index in [2.05, 4.69) is 39.2 Å². The molecule has 0 radical (unpaired) electrons. The minimum atomic E-state index is -0.186. The number of piperazine rings is 1. The van der Waals surface area contributed by atoms with E-state index in [9.17, 15) is 9.59 Å². The summed E-state index contributed by atoms with van der Waals surface area (Å²) >= 11 is 7.96. The number of rotatable bonds is 5. The molecule has 0 saturated carbocycles. The van der Waals surface area contributed by atoms with Crippen LogP contribution in [0.4, 0.5) is 22.1 Å². The summed E-state index contributed by atoms with van der Waals surface area (Å²) in [6.45, 7) is 6.40. The van der Waals surface area contributed by atoms with Crippen LogP contribution in [0.15, 0.2) is 48.5 Å². The second-order valence-electron chi connectivity index (χ2n) is 8.85. The number of thiophene rings is 1. The highest BCUT2D eigenvalue weighted by Crippen LogP contribution is 2.41. The minimum absolute atomic E-state index is 0.00202. The number of carbonyl (C=O) groups is 2. The third-order valence-electron chi connectivity index (χ3n) is 6.52. The van der Waals surface area contributed by atoms with Crippen molar-refractivity contribution < 1.29 is 9.59 Å². The first-order valence-electron chi connectivity index (χ1n) is 11.4. The number of nitrogens with zero attached hydrogens (tertiary/aromatic N) is 3. The van der Waals surface area contributed by atoms with Crippen molar-refractivity contribution in [3.05, 3.63) is 69.6 Å². The Labute approximate surface area is 208 Å². The molecule has 1 N–H and O–H groups in total. The Morgan fingerprint density at radius 2 is 1.68 bits per heavy atom. The van der Waals surface area contributed by atoms with Gasteiger partial charge in [-0.1, -0.05) is 11.6 Å². The molecule has 1 fully saturated rings. The van der Waals surface area contributed by atoms with Gasteiger partial charge in [0, 0.05) is 49.7 Å². The first-order chi connectivity index (χ1) is 16.4. The molecule has 176 valence electrons. The Morgan fingerprint density at radius 1 is 0.941 bits per heavy atom. The van der Waals surface area contributed by atoms with Crippen LogP contribution in [0, 0.1) is 0 Å². The lowest BCUT2D eigenvalue weighted by molar-refractivity contribution is 0.101. The average molecular weight is 495 g/mol. The monoisotopic (exact) mass is 494 g/mol. The molecule has 0 bridgehead atoms. The molecule has 0 aliphatic carbocycles. The number of ketones is 1. The normalized spacial score (nSPS) is 16.0. The van der Waals surface area contributed by atoms with Gasteiger partial charge in [-0.3, -0.25) is 9.59 Å². The minimum Gasteiger partial charge on any atom is -0.368 e. The second-order valence-corrected chi connectivity index (χ2v) is 10.3. The standard InChI is InChI=1S/C26H27ClN4O2S/c1-17(32)24-7-8-25(34-24)28-26(33)18-3-5-20(6-4-18)31-10-9-19-15-21(27)23(16-22(19)31)30-13-11-29(2)12-14-30/h3-8,15-16H,9-14H2,1-2H3,(H,28,33). The maximum Gasteiger partial charge on any atom is 0.256 e. The number of carbonyl (C=O) groups excluding carboxylic acids is 2. The number of fused-ring (bicyclic) bond motifs is 1. The predicted molar refractivity (Wildman–Crippen MR) is 141 cm³/mol. The third kappa shape index (κ3) is 4.56. The summed E-state index contributed by atoms with van der Waals surface area (Å²) in [5, 5.41) is 4.37. The summed E-state index contributed by atoms with van der Waals surface area (Å²) in [6, 6.07) is 15.5. The molecule has 0 unspecified atom stereocenters. The molecule has 3 heterocycles. The van der Waals surface area contributed by atoms with Gasteiger partial charge in [0.2, 0.25) is 0 Å². The van der Waals surface area contributed by atoms with Crippen LogP contribution in [0.1, 0.15) is 32.5 Å². The van der Waals surface area contributed by atoms with E-state index in [-0.39, 0.29) is 11.7 Å². The van der Waals surface area contributed by atoms with Crippen LogP contribution < -0.4 is 15.1 Å². The number of benzene rings is 2. The van der Waals surface area contributed by atoms with Crippen molar-refractivity contribution in [2.75, 3.05) is 54.9 Å². The fourth-order valence-corrected chi connectivity index (χ4v) is 5.63. The molecule has 1 saturated heterocycles. The topological polar surface area (TPSA) is 55.9 Å². The number of likely N-dealkylation sites (N-methyl/N-ethyl adjacent to an activating group) is 1. The van der Waals surface area contributed by atoms with E-state index in [0.717, 1.165) is 55.5 Å². The summed E-state index contributed by atoms with van der Waals surface area (Å²) in [7, 11) is 2.15. The molecule has 6 nitrogen and oxygen atoms in total. The van der Waals surface area contributed by atoms with Crippen LogP contribution in [0.25, 0.3) is 0 Å². The van der Waals surface area contributed by atoms with Crippen molar-refractivity contribution in [3.8, 4) is 0 Å². The van der Waals surface area contributed by atoms with Crippen molar-refractivity contribution in [3.63, 3.8) is 0 Å². The molecule has 34 heavy (non-hydrogen) atoms. The van der Waals surface area contributed by atoms with Gasteiger partial charge in [-0.05, 0) is 74.5 Å². The molecule has 2 aromatic carbocycles. The van der Waals surface area contributed by atoms with Crippen LogP contribution in [-0.4, -0.2) is 56.4 Å². The summed E-state index contributed by atoms with van der Waals surface area (Å²) < 4.78 is 0. The molecular formula is C26H27ClN4O2S. The van der Waals surface area contributed by atoms with E-state index in [1.807, 2.05) is 24.3 Å². The van der Waals surface area contributed by atoms with Gasteiger partial charge in [-0.15, -0.1) is 11.3 Å². The quantitative estimate of drug-likeness (QED) is 0.487. The number of hydrogen-bond donors (Lipinski definition) is 1. The van der Waals surface area contributed by atoms with Gasteiger partial charge in [-0.2, -0.15) is 0 Å². The van der Waals surface area contributed by atoms with Crippen LogP contribution in [-0.2, 0) is 6.42 Å². The summed E-state index contributed by atoms with van der Waals surface area (Å²) in [5.74, 6) is -0.188. The Bertz CT molecular complexity index is 1230. The number of hydrogen-bond acceptors (Lipinski definition) is 6. The second kappa shape index (κ2) is 9.41. The number of halogens is 1. The highest BCUT2D eigenvalue weighted by molar-refractivity contribution is 7.18. The number of nitrogens with one attached hydrogen (secondary N) is 1. The number of Topliss-reactive ketones (excluding diaryl/α,β-unsaturated/α-hetero) is 1. The molecule has 1 amide bonds. The largest absolute Gasteiger partial charge is 0.368 e. The molecule has 2 aliphatic rings. The van der Waals surface area contributed by atoms with Crippen molar-refractivity contribution >= 4 is 56.7 Å². The fraction of sp³-hybridized carbons (Fsp3) is 0.308. The van der Waals surface area contributed by atoms with Crippen molar-refractivity contribution in [1.82, 2.24) is 4.90 Å². The molecule has 3 aromatic rings. The van der Waals surface area contributed by atoms with Gasteiger partial charge < -0.3 is 20.0 Å².